The maximum absolute atomic E-state index is 12.2. The van der Waals surface area contributed by atoms with Crippen molar-refractivity contribution in [2.24, 2.45) is 0 Å². The van der Waals surface area contributed by atoms with Crippen molar-refractivity contribution in [3.05, 3.63) is 71.8 Å². The summed E-state index contributed by atoms with van der Waals surface area (Å²) >= 11 is 1.60. The SMILES string of the molecule is CC(C)NC(=O)c1ccc(CSc2nc(-c3ccccc3)cc(N3CCOCC3)n2)cc1. The van der Waals surface area contributed by atoms with Gasteiger partial charge in [0.1, 0.15) is 5.82 Å². The van der Waals surface area contributed by atoms with Crippen molar-refractivity contribution in [1.29, 1.82) is 0 Å². The second-order valence-electron chi connectivity index (χ2n) is 7.97. The van der Waals surface area contributed by atoms with Gasteiger partial charge in [-0.3, -0.25) is 4.79 Å². The number of morpholine rings is 1. The summed E-state index contributed by atoms with van der Waals surface area (Å²) in [5.74, 6) is 1.62. The number of rotatable bonds is 7. The van der Waals surface area contributed by atoms with Gasteiger partial charge in [0.15, 0.2) is 5.16 Å². The van der Waals surface area contributed by atoms with E-state index in [1.807, 2.05) is 56.3 Å². The van der Waals surface area contributed by atoms with Crippen LogP contribution in [0.1, 0.15) is 29.8 Å². The number of hydrogen-bond donors (Lipinski definition) is 1. The minimum absolute atomic E-state index is 0.0479. The second kappa shape index (κ2) is 10.6. The Hall–Kier alpha value is -2.90. The highest BCUT2D eigenvalue weighted by atomic mass is 32.2. The van der Waals surface area contributed by atoms with Crippen LogP contribution in [-0.4, -0.2) is 48.2 Å². The van der Waals surface area contributed by atoms with Crippen LogP contribution >= 0.6 is 11.8 Å². The highest BCUT2D eigenvalue weighted by molar-refractivity contribution is 7.98. The average molecular weight is 449 g/mol. The molecule has 1 aliphatic heterocycles. The number of aromatic nitrogens is 2. The summed E-state index contributed by atoms with van der Waals surface area (Å²) in [4.78, 5) is 24.1. The fourth-order valence-electron chi connectivity index (χ4n) is 3.43. The Balaban J connectivity index is 1.51. The van der Waals surface area contributed by atoms with Crippen molar-refractivity contribution in [2.75, 3.05) is 31.2 Å². The molecule has 7 heteroatoms. The van der Waals surface area contributed by atoms with Gasteiger partial charge in [-0.15, -0.1) is 0 Å². The zero-order chi connectivity index (χ0) is 22.3. The summed E-state index contributed by atoms with van der Waals surface area (Å²) in [7, 11) is 0. The molecule has 2 heterocycles. The molecule has 0 aliphatic carbocycles. The molecule has 6 nitrogen and oxygen atoms in total. The molecule has 0 spiro atoms. The number of anilines is 1. The highest BCUT2D eigenvalue weighted by Gasteiger charge is 2.16. The largest absolute Gasteiger partial charge is 0.378 e. The first-order valence-corrected chi connectivity index (χ1v) is 11.9. The molecule has 166 valence electrons. The van der Waals surface area contributed by atoms with E-state index in [-0.39, 0.29) is 11.9 Å². The van der Waals surface area contributed by atoms with E-state index in [4.69, 9.17) is 14.7 Å². The smallest absolute Gasteiger partial charge is 0.251 e. The summed E-state index contributed by atoms with van der Waals surface area (Å²) in [5.41, 5.74) is 3.79. The minimum Gasteiger partial charge on any atom is -0.378 e. The number of carbonyl (C=O) groups excluding carboxylic acids is 1. The molecule has 1 fully saturated rings. The van der Waals surface area contributed by atoms with Crippen molar-refractivity contribution in [1.82, 2.24) is 15.3 Å². The third-order valence-electron chi connectivity index (χ3n) is 5.10. The van der Waals surface area contributed by atoms with E-state index in [1.54, 1.807) is 11.8 Å². The fourth-order valence-corrected chi connectivity index (χ4v) is 4.24. The van der Waals surface area contributed by atoms with Gasteiger partial charge in [0.2, 0.25) is 0 Å². The average Bonchev–Trinajstić information content (AvgIpc) is 2.83. The molecule has 3 aromatic rings. The molecular formula is C25H28N4O2S. The molecule has 1 amide bonds. The first-order chi connectivity index (χ1) is 15.6. The molecule has 1 saturated heterocycles. The molecule has 1 aromatic heterocycles. The number of nitrogens with one attached hydrogen (secondary N) is 1. The predicted octanol–water partition coefficient (Wildman–Crippen LogP) is 4.41. The van der Waals surface area contributed by atoms with Crippen molar-refractivity contribution in [3.8, 4) is 11.3 Å². The standard InChI is InChI=1S/C25H28N4O2S/c1-18(2)26-24(30)21-10-8-19(9-11-21)17-32-25-27-22(20-6-4-3-5-7-20)16-23(28-25)29-12-14-31-15-13-29/h3-11,16,18H,12-15,17H2,1-2H3,(H,26,30). The summed E-state index contributed by atoms with van der Waals surface area (Å²) in [6.45, 7) is 6.99. The van der Waals surface area contributed by atoms with Crippen LogP contribution in [0.2, 0.25) is 0 Å². The van der Waals surface area contributed by atoms with Gasteiger partial charge in [-0.1, -0.05) is 54.2 Å². The number of nitrogens with zero attached hydrogens (tertiary/aromatic N) is 3. The molecule has 0 atom stereocenters. The Morgan fingerprint density at radius 2 is 1.78 bits per heavy atom. The van der Waals surface area contributed by atoms with Gasteiger partial charge in [0.05, 0.1) is 18.9 Å². The fraction of sp³-hybridized carbons (Fsp3) is 0.320. The minimum atomic E-state index is -0.0479. The van der Waals surface area contributed by atoms with E-state index in [0.29, 0.717) is 18.8 Å². The summed E-state index contributed by atoms with van der Waals surface area (Å²) < 4.78 is 5.50. The van der Waals surface area contributed by atoms with Crippen molar-refractivity contribution in [3.63, 3.8) is 0 Å². The third-order valence-corrected chi connectivity index (χ3v) is 6.02. The molecule has 2 aromatic carbocycles. The lowest BCUT2D eigenvalue weighted by molar-refractivity contribution is 0.0943. The van der Waals surface area contributed by atoms with Crippen LogP contribution in [0.15, 0.2) is 65.8 Å². The number of hydrogen-bond acceptors (Lipinski definition) is 6. The van der Waals surface area contributed by atoms with Crippen molar-refractivity contribution >= 4 is 23.5 Å². The van der Waals surface area contributed by atoms with Gasteiger partial charge < -0.3 is 15.0 Å². The van der Waals surface area contributed by atoms with E-state index in [0.717, 1.165) is 46.6 Å². The van der Waals surface area contributed by atoms with Crippen LogP contribution in [-0.2, 0) is 10.5 Å². The molecule has 0 radical (unpaired) electrons. The van der Waals surface area contributed by atoms with Crippen LogP contribution < -0.4 is 10.2 Å². The highest BCUT2D eigenvalue weighted by Crippen LogP contribution is 2.28. The lowest BCUT2D eigenvalue weighted by Gasteiger charge is -2.28. The van der Waals surface area contributed by atoms with Crippen LogP contribution in [0.4, 0.5) is 5.82 Å². The first kappa shape index (κ1) is 22.3. The second-order valence-corrected chi connectivity index (χ2v) is 8.92. The topological polar surface area (TPSA) is 67.4 Å². The molecule has 1 aliphatic rings. The molecule has 1 N–H and O–H groups in total. The summed E-state index contributed by atoms with van der Waals surface area (Å²) in [6, 6.07) is 20.1. The normalized spacial score (nSPS) is 13.9. The Labute approximate surface area is 193 Å². The van der Waals surface area contributed by atoms with Gasteiger partial charge in [0, 0.05) is 42.1 Å². The van der Waals surface area contributed by atoms with Gasteiger partial charge in [0.25, 0.3) is 5.91 Å². The molecular weight excluding hydrogens is 420 g/mol. The number of ether oxygens (including phenoxy) is 1. The maximum Gasteiger partial charge on any atom is 0.251 e. The van der Waals surface area contributed by atoms with E-state index in [1.165, 1.54) is 0 Å². The van der Waals surface area contributed by atoms with Crippen LogP contribution in [0, 0.1) is 0 Å². The number of amides is 1. The van der Waals surface area contributed by atoms with Gasteiger partial charge in [-0.25, -0.2) is 9.97 Å². The van der Waals surface area contributed by atoms with E-state index in [9.17, 15) is 4.79 Å². The van der Waals surface area contributed by atoms with Gasteiger partial charge >= 0.3 is 0 Å². The molecule has 32 heavy (non-hydrogen) atoms. The molecule has 0 saturated carbocycles. The quantitative estimate of drug-likeness (QED) is 0.427. The van der Waals surface area contributed by atoms with Crippen LogP contribution in [0.3, 0.4) is 0 Å². The molecule has 0 unspecified atom stereocenters. The monoisotopic (exact) mass is 448 g/mol. The Bertz CT molecular complexity index is 1040. The number of thioether (sulfide) groups is 1. The van der Waals surface area contributed by atoms with E-state index >= 15 is 0 Å². The Kier molecular flexibility index (Phi) is 7.39. The van der Waals surface area contributed by atoms with E-state index in [2.05, 4.69) is 28.4 Å². The van der Waals surface area contributed by atoms with Crippen LogP contribution in [0.25, 0.3) is 11.3 Å². The maximum atomic E-state index is 12.2. The van der Waals surface area contributed by atoms with E-state index < -0.39 is 0 Å². The Morgan fingerprint density at radius 1 is 1.06 bits per heavy atom. The summed E-state index contributed by atoms with van der Waals surface area (Å²) in [6.07, 6.45) is 0. The predicted molar refractivity (Wildman–Crippen MR) is 129 cm³/mol. The number of carbonyl (C=O) groups is 1. The zero-order valence-electron chi connectivity index (χ0n) is 18.5. The zero-order valence-corrected chi connectivity index (χ0v) is 19.3. The Morgan fingerprint density at radius 3 is 2.47 bits per heavy atom. The third kappa shape index (κ3) is 5.87. The van der Waals surface area contributed by atoms with Crippen molar-refractivity contribution < 1.29 is 9.53 Å². The van der Waals surface area contributed by atoms with Gasteiger partial charge in [-0.05, 0) is 31.5 Å². The molecule has 0 bridgehead atoms. The molecule has 4 rings (SSSR count). The van der Waals surface area contributed by atoms with Gasteiger partial charge in [-0.2, -0.15) is 0 Å². The first-order valence-electron chi connectivity index (χ1n) is 10.9. The number of benzene rings is 2. The lowest BCUT2D eigenvalue weighted by atomic mass is 10.1. The van der Waals surface area contributed by atoms with Crippen molar-refractivity contribution in [2.45, 2.75) is 30.8 Å². The lowest BCUT2D eigenvalue weighted by Crippen LogP contribution is -2.36. The summed E-state index contributed by atoms with van der Waals surface area (Å²) in [5, 5.41) is 3.66. The van der Waals surface area contributed by atoms with Crippen LogP contribution in [0.5, 0.6) is 0 Å².